The summed E-state index contributed by atoms with van der Waals surface area (Å²) in [6.45, 7) is 0. The van der Waals surface area contributed by atoms with Crippen LogP contribution in [0.1, 0.15) is 0 Å². The quantitative estimate of drug-likeness (QED) is 0.264. The topological polar surface area (TPSA) is 28.1 Å². The Kier molecular flexibility index (Phi) is 5.90. The summed E-state index contributed by atoms with van der Waals surface area (Å²) < 4.78 is 168. The first-order valence-corrected chi connectivity index (χ1v) is 7.18. The molecule has 0 unspecified atom stereocenters. The minimum absolute atomic E-state index is 0.332. The molecule has 0 bridgehead atoms. The van der Waals surface area contributed by atoms with Gasteiger partial charge < -0.3 is 0 Å². The molecular weight excluding hydrogens is 451 g/mol. The zero-order valence-electron chi connectivity index (χ0n) is 12.5. The van der Waals surface area contributed by atoms with Gasteiger partial charge >= 0.3 is 40.8 Å². The summed E-state index contributed by atoms with van der Waals surface area (Å²) in [4.78, 5) is 1.51. The minimum atomic E-state index is -7.93. The lowest BCUT2D eigenvalue weighted by Crippen LogP contribution is -2.69. The Labute approximate surface area is 150 Å². The van der Waals surface area contributed by atoms with Crippen molar-refractivity contribution in [3.8, 4) is 0 Å². The number of alkyl halides is 13. The second-order valence-electron chi connectivity index (χ2n) is 5.01. The highest BCUT2D eigenvalue weighted by Gasteiger charge is 2.90. The van der Waals surface area contributed by atoms with E-state index in [0.717, 1.165) is 0 Å². The van der Waals surface area contributed by atoms with Crippen LogP contribution in [0.25, 0.3) is 4.98 Å². The summed E-state index contributed by atoms with van der Waals surface area (Å²) in [5.41, 5.74) is -0.332. The predicted octanol–water partition coefficient (Wildman–Crippen LogP) is 6.96. The van der Waals surface area contributed by atoms with E-state index in [1.807, 2.05) is 0 Å². The molecule has 0 N–H and O–H groups in total. The Morgan fingerprint density at radius 1 is 0.607 bits per heavy atom. The van der Waals surface area contributed by atoms with E-state index in [9.17, 15) is 57.1 Å². The molecule has 0 amide bonds. The highest BCUT2D eigenvalue weighted by Crippen LogP contribution is 2.62. The number of hydrogen-bond donors (Lipinski definition) is 0. The molecule has 2 nitrogen and oxygen atoms in total. The van der Waals surface area contributed by atoms with Crippen LogP contribution < -0.4 is 0 Å². The third-order valence-electron chi connectivity index (χ3n) is 3.10. The fourth-order valence-corrected chi connectivity index (χ4v) is 2.37. The largest absolute Gasteiger partial charge is 0.460 e. The van der Waals surface area contributed by atoms with Crippen molar-refractivity contribution in [2.75, 3.05) is 0 Å². The van der Waals surface area contributed by atoms with Crippen LogP contribution in [0.15, 0.2) is 29.2 Å². The van der Waals surface area contributed by atoms with Gasteiger partial charge in [-0.2, -0.15) is 57.1 Å². The monoisotopic (exact) mass is 455 g/mol. The molecule has 1 aromatic carbocycles. The van der Waals surface area contributed by atoms with Crippen molar-refractivity contribution < 1.29 is 57.1 Å². The number of diazo groups is 1. The Morgan fingerprint density at radius 2 is 1.00 bits per heavy atom. The van der Waals surface area contributed by atoms with E-state index < -0.39 is 51.8 Å². The second kappa shape index (κ2) is 6.85. The predicted molar refractivity (Wildman–Crippen MR) is 67.8 cm³/mol. The first-order chi connectivity index (χ1) is 12.3. The van der Waals surface area contributed by atoms with E-state index in [1.165, 1.54) is 0 Å². The standard InChI is InChI=1S/C12H4F13N2S/c13-7(14,9(17,18)11(21,22)23)8(15,16)10(19,20)12(24,25)28-6-3-1-5(27-26)2-4-6/h1-4H/q+1. The number of rotatable bonds is 6. The van der Waals surface area contributed by atoms with Crippen LogP contribution in [0.2, 0.25) is 0 Å². The van der Waals surface area contributed by atoms with Gasteiger partial charge in [-0.25, -0.2) is 0 Å². The average Bonchev–Trinajstić information content (AvgIpc) is 2.53. The van der Waals surface area contributed by atoms with Gasteiger partial charge in [-0.05, 0) is 23.9 Å². The van der Waals surface area contributed by atoms with Crippen LogP contribution in [0.5, 0.6) is 0 Å². The molecular formula is C12H4F13N2S+. The van der Waals surface area contributed by atoms with Crippen LogP contribution >= 0.6 is 11.8 Å². The zero-order valence-corrected chi connectivity index (χ0v) is 13.3. The van der Waals surface area contributed by atoms with Gasteiger partial charge in [0.25, 0.3) is 0 Å². The molecule has 1 rings (SSSR count). The molecule has 0 saturated heterocycles. The van der Waals surface area contributed by atoms with Crippen molar-refractivity contribution in [1.82, 2.24) is 0 Å². The molecule has 0 aliphatic rings. The molecule has 0 saturated carbocycles. The van der Waals surface area contributed by atoms with Gasteiger partial charge in [-0.1, -0.05) is 0 Å². The first kappa shape index (κ1) is 24.1. The number of halogens is 13. The van der Waals surface area contributed by atoms with Crippen LogP contribution in [0, 0.1) is 5.39 Å². The average molecular weight is 455 g/mol. The van der Waals surface area contributed by atoms with Crippen molar-refractivity contribution in [3.63, 3.8) is 0 Å². The van der Waals surface area contributed by atoms with Gasteiger partial charge in [0, 0.05) is 17.0 Å². The SMILES string of the molecule is N#[N+]c1ccc(SC(F)(F)C(F)(F)C(F)(F)C(F)(F)C(F)(F)C(F)(F)F)cc1. The summed E-state index contributed by atoms with van der Waals surface area (Å²) >= 11 is -1.51. The molecule has 158 valence electrons. The van der Waals surface area contributed by atoms with E-state index in [-0.39, 0.29) is 5.69 Å². The molecule has 0 atom stereocenters. The van der Waals surface area contributed by atoms with Crippen molar-refractivity contribution in [2.24, 2.45) is 0 Å². The molecule has 0 fully saturated rings. The lowest BCUT2D eigenvalue weighted by Gasteiger charge is -2.39. The summed E-state index contributed by atoms with van der Waals surface area (Å²) in [6.07, 6.45) is -7.44. The lowest BCUT2D eigenvalue weighted by molar-refractivity contribution is -0.433. The maximum absolute atomic E-state index is 13.6. The molecule has 0 aliphatic heterocycles. The van der Waals surface area contributed by atoms with Gasteiger partial charge in [-0.3, -0.25) is 0 Å². The summed E-state index contributed by atoms with van der Waals surface area (Å²) in [6, 6.07) is 2.32. The normalized spacial score (nSPS) is 14.7. The minimum Gasteiger partial charge on any atom is -0.192 e. The van der Waals surface area contributed by atoms with E-state index >= 15 is 0 Å². The van der Waals surface area contributed by atoms with Crippen molar-refractivity contribution >= 4 is 17.4 Å². The van der Waals surface area contributed by atoms with Gasteiger partial charge in [0.2, 0.25) is 5.39 Å². The summed E-state index contributed by atoms with van der Waals surface area (Å²) in [5, 5.41) is 2.07. The Morgan fingerprint density at radius 3 is 1.36 bits per heavy atom. The number of hydrogen-bond acceptors (Lipinski definition) is 2. The molecule has 0 heterocycles. The molecule has 0 aromatic heterocycles. The van der Waals surface area contributed by atoms with Crippen LogP contribution in [-0.4, -0.2) is 35.1 Å². The number of benzene rings is 1. The molecule has 1 aromatic rings. The molecule has 16 heteroatoms. The van der Waals surface area contributed by atoms with Crippen LogP contribution in [-0.2, 0) is 0 Å². The van der Waals surface area contributed by atoms with Crippen LogP contribution in [0.4, 0.5) is 62.8 Å². The first-order valence-electron chi connectivity index (χ1n) is 6.36. The van der Waals surface area contributed by atoms with E-state index in [2.05, 4.69) is 4.98 Å². The fraction of sp³-hybridized carbons (Fsp3) is 0.500. The fourth-order valence-electron chi connectivity index (χ4n) is 1.55. The van der Waals surface area contributed by atoms with Gasteiger partial charge in [0.1, 0.15) is 0 Å². The summed E-state index contributed by atoms with van der Waals surface area (Å²) in [7, 11) is 0. The summed E-state index contributed by atoms with van der Waals surface area (Å²) in [5.74, 6) is -30.9. The van der Waals surface area contributed by atoms with Crippen molar-refractivity contribution in [1.29, 1.82) is 5.39 Å². The number of thioether (sulfide) groups is 1. The highest BCUT2D eigenvalue weighted by atomic mass is 32.2. The number of nitrogens with zero attached hydrogens (tertiary/aromatic N) is 2. The van der Waals surface area contributed by atoms with Crippen molar-refractivity contribution in [2.45, 2.75) is 40.0 Å². The molecule has 28 heavy (non-hydrogen) atoms. The van der Waals surface area contributed by atoms with Gasteiger partial charge in [0.05, 0.1) is 0 Å². The third-order valence-corrected chi connectivity index (χ3v) is 4.12. The Balaban J connectivity index is 3.37. The van der Waals surface area contributed by atoms with E-state index in [1.54, 1.807) is 0 Å². The smallest absolute Gasteiger partial charge is 0.192 e. The highest BCUT2D eigenvalue weighted by molar-refractivity contribution is 8.00. The maximum Gasteiger partial charge on any atom is 0.460 e. The molecule has 0 aliphatic carbocycles. The van der Waals surface area contributed by atoms with Crippen LogP contribution in [0.3, 0.4) is 0 Å². The Bertz CT molecular complexity index is 748. The molecule has 0 radical (unpaired) electrons. The van der Waals surface area contributed by atoms with E-state index in [0.29, 0.717) is 24.3 Å². The van der Waals surface area contributed by atoms with Gasteiger partial charge in [-0.15, -0.1) is 0 Å². The van der Waals surface area contributed by atoms with Gasteiger partial charge in [0.15, 0.2) is 4.98 Å². The maximum atomic E-state index is 13.6. The second-order valence-corrected chi connectivity index (χ2v) is 6.20. The van der Waals surface area contributed by atoms with Crippen molar-refractivity contribution in [3.05, 3.63) is 29.2 Å². The molecule has 0 spiro atoms. The zero-order chi connectivity index (χ0) is 22.4. The lowest BCUT2D eigenvalue weighted by atomic mass is 9.98. The Hall–Kier alpha value is -1.92. The third kappa shape index (κ3) is 3.55. The van der Waals surface area contributed by atoms with E-state index in [4.69, 9.17) is 5.39 Å².